The average Bonchev–Trinajstić information content (AvgIpc) is 2.96. The molecule has 3 N–H and O–H groups in total. The van der Waals surface area contributed by atoms with Gasteiger partial charge in [0.2, 0.25) is 0 Å². The number of amides is 2. The summed E-state index contributed by atoms with van der Waals surface area (Å²) in [4.78, 5) is 43.5. The largest absolute Gasteiger partial charge is 0.487 e. The molecule has 150 valence electrons. The van der Waals surface area contributed by atoms with Crippen LogP contribution in [0.4, 0.5) is 9.93 Å². The van der Waals surface area contributed by atoms with Gasteiger partial charge < -0.3 is 14.6 Å². The SMILES string of the molecule is CC/C(OCC(=O)NOC)=C(/C(=O)O)c1csc(NC(=O)OC(C)(C)C)n1. The second kappa shape index (κ2) is 9.88. The van der Waals surface area contributed by atoms with Crippen LogP contribution in [-0.4, -0.2) is 47.4 Å². The normalized spacial score (nSPS) is 12.0. The number of nitrogens with one attached hydrogen (secondary N) is 2. The summed E-state index contributed by atoms with van der Waals surface area (Å²) >= 11 is 1.03. The molecule has 0 saturated carbocycles. The van der Waals surface area contributed by atoms with Crippen LogP contribution in [0.2, 0.25) is 0 Å². The molecule has 0 bridgehead atoms. The van der Waals surface area contributed by atoms with E-state index in [2.05, 4.69) is 20.6 Å². The molecule has 2 amide bonds. The Kier molecular flexibility index (Phi) is 8.19. The first kappa shape index (κ1) is 22.4. The molecular formula is C16H23N3O7S. The third kappa shape index (κ3) is 7.62. The van der Waals surface area contributed by atoms with Crippen molar-refractivity contribution < 1.29 is 33.8 Å². The van der Waals surface area contributed by atoms with Gasteiger partial charge in [-0.3, -0.25) is 14.9 Å². The van der Waals surface area contributed by atoms with E-state index in [1.54, 1.807) is 27.7 Å². The highest BCUT2D eigenvalue weighted by atomic mass is 32.1. The van der Waals surface area contributed by atoms with Crippen molar-refractivity contribution in [3.05, 3.63) is 16.8 Å². The molecule has 0 radical (unpaired) electrons. The fourth-order valence-corrected chi connectivity index (χ4v) is 2.54. The Balaban J connectivity index is 3.00. The molecule has 27 heavy (non-hydrogen) atoms. The zero-order valence-electron chi connectivity index (χ0n) is 15.7. The Morgan fingerprint density at radius 2 is 1.96 bits per heavy atom. The first-order valence-corrected chi connectivity index (χ1v) is 8.82. The lowest BCUT2D eigenvalue weighted by molar-refractivity contribution is -0.135. The summed E-state index contributed by atoms with van der Waals surface area (Å²) in [6.45, 7) is 6.42. The van der Waals surface area contributed by atoms with E-state index in [-0.39, 0.29) is 28.6 Å². The lowest BCUT2D eigenvalue weighted by Crippen LogP contribution is -2.27. The number of aromatic nitrogens is 1. The van der Waals surface area contributed by atoms with E-state index >= 15 is 0 Å². The van der Waals surface area contributed by atoms with E-state index < -0.39 is 30.2 Å². The average molecular weight is 401 g/mol. The predicted molar refractivity (Wildman–Crippen MR) is 97.9 cm³/mol. The third-order valence-corrected chi connectivity index (χ3v) is 3.53. The van der Waals surface area contributed by atoms with E-state index in [0.717, 1.165) is 11.3 Å². The highest BCUT2D eigenvalue weighted by molar-refractivity contribution is 7.14. The van der Waals surface area contributed by atoms with Crippen molar-refractivity contribution in [1.82, 2.24) is 10.5 Å². The van der Waals surface area contributed by atoms with Gasteiger partial charge in [-0.2, -0.15) is 0 Å². The fraction of sp³-hybridized carbons (Fsp3) is 0.500. The maximum absolute atomic E-state index is 11.8. The van der Waals surface area contributed by atoms with Crippen LogP contribution >= 0.6 is 11.3 Å². The van der Waals surface area contributed by atoms with Crippen molar-refractivity contribution in [2.75, 3.05) is 19.0 Å². The number of anilines is 1. The van der Waals surface area contributed by atoms with Gasteiger partial charge in [-0.25, -0.2) is 20.1 Å². The summed E-state index contributed by atoms with van der Waals surface area (Å²) in [7, 11) is 1.27. The van der Waals surface area contributed by atoms with Crippen LogP contribution in [-0.2, 0) is 23.9 Å². The number of hydrogen-bond donors (Lipinski definition) is 3. The van der Waals surface area contributed by atoms with E-state index in [9.17, 15) is 19.5 Å². The van der Waals surface area contributed by atoms with Crippen LogP contribution in [0.1, 0.15) is 39.8 Å². The molecule has 0 saturated heterocycles. The minimum Gasteiger partial charge on any atom is -0.487 e. The van der Waals surface area contributed by atoms with E-state index in [0.29, 0.717) is 0 Å². The van der Waals surface area contributed by atoms with Gasteiger partial charge in [0.25, 0.3) is 5.91 Å². The number of ether oxygens (including phenoxy) is 2. The molecule has 0 aromatic carbocycles. The number of carboxylic acid groups (broad SMARTS) is 1. The molecule has 0 aliphatic rings. The quantitative estimate of drug-likeness (QED) is 0.343. The van der Waals surface area contributed by atoms with Gasteiger partial charge in [0, 0.05) is 11.8 Å². The lowest BCUT2D eigenvalue weighted by atomic mass is 10.1. The molecule has 0 aliphatic heterocycles. The number of rotatable bonds is 8. The van der Waals surface area contributed by atoms with Crippen molar-refractivity contribution in [3.63, 3.8) is 0 Å². The van der Waals surface area contributed by atoms with Gasteiger partial charge in [-0.15, -0.1) is 11.3 Å². The Labute approximate surface area is 160 Å². The number of nitrogens with zero attached hydrogens (tertiary/aromatic N) is 1. The third-order valence-electron chi connectivity index (χ3n) is 2.78. The van der Waals surface area contributed by atoms with Crippen LogP contribution < -0.4 is 10.8 Å². The summed E-state index contributed by atoms with van der Waals surface area (Å²) < 4.78 is 10.4. The van der Waals surface area contributed by atoms with Crippen LogP contribution in [0.25, 0.3) is 5.57 Å². The Hall–Kier alpha value is -2.66. The van der Waals surface area contributed by atoms with E-state index in [1.165, 1.54) is 12.5 Å². The number of hydrogen-bond acceptors (Lipinski definition) is 8. The second-order valence-corrected chi connectivity index (χ2v) is 7.00. The number of thiazole rings is 1. The van der Waals surface area contributed by atoms with Gasteiger partial charge in [-0.05, 0) is 20.8 Å². The molecule has 1 rings (SSSR count). The van der Waals surface area contributed by atoms with Crippen molar-refractivity contribution in [2.24, 2.45) is 0 Å². The highest BCUT2D eigenvalue weighted by Crippen LogP contribution is 2.26. The first-order valence-electron chi connectivity index (χ1n) is 7.94. The summed E-state index contributed by atoms with van der Waals surface area (Å²) in [6, 6.07) is 0. The number of carbonyl (C=O) groups excluding carboxylic acids is 2. The number of allylic oxidation sites excluding steroid dienone is 1. The molecule has 11 heteroatoms. The monoisotopic (exact) mass is 401 g/mol. The summed E-state index contributed by atoms with van der Waals surface area (Å²) in [6.07, 6.45) is -0.485. The van der Waals surface area contributed by atoms with Crippen LogP contribution in [0.3, 0.4) is 0 Å². The molecule has 0 aliphatic carbocycles. The molecule has 0 fully saturated rings. The maximum Gasteiger partial charge on any atom is 0.413 e. The molecule has 1 aromatic heterocycles. The molecule has 0 spiro atoms. The minimum absolute atomic E-state index is 0.0721. The highest BCUT2D eigenvalue weighted by Gasteiger charge is 2.22. The van der Waals surface area contributed by atoms with E-state index in [1.807, 2.05) is 0 Å². The van der Waals surface area contributed by atoms with Crippen LogP contribution in [0.5, 0.6) is 0 Å². The van der Waals surface area contributed by atoms with E-state index in [4.69, 9.17) is 9.47 Å². The zero-order valence-corrected chi connectivity index (χ0v) is 16.6. The predicted octanol–water partition coefficient (Wildman–Crippen LogP) is 2.39. The summed E-state index contributed by atoms with van der Waals surface area (Å²) in [5.74, 6) is -1.77. The number of hydroxylamine groups is 1. The second-order valence-electron chi connectivity index (χ2n) is 6.14. The summed E-state index contributed by atoms with van der Waals surface area (Å²) in [5.41, 5.74) is 1.29. The van der Waals surface area contributed by atoms with Gasteiger partial charge >= 0.3 is 12.1 Å². The van der Waals surface area contributed by atoms with Gasteiger partial charge in [-0.1, -0.05) is 6.92 Å². The van der Waals surface area contributed by atoms with Crippen molar-refractivity contribution in [3.8, 4) is 0 Å². The number of carbonyl (C=O) groups is 3. The first-order chi connectivity index (χ1) is 12.6. The van der Waals surface area contributed by atoms with Crippen molar-refractivity contribution >= 4 is 40.0 Å². The number of aliphatic carboxylic acids is 1. The zero-order chi connectivity index (χ0) is 20.6. The Morgan fingerprint density at radius 3 is 2.48 bits per heavy atom. The van der Waals surface area contributed by atoms with Gasteiger partial charge in [0.05, 0.1) is 12.8 Å². The number of carboxylic acids is 1. The van der Waals surface area contributed by atoms with Crippen LogP contribution in [0.15, 0.2) is 11.1 Å². The summed E-state index contributed by atoms with van der Waals surface area (Å²) in [5, 5.41) is 13.6. The van der Waals surface area contributed by atoms with Crippen molar-refractivity contribution in [2.45, 2.75) is 39.7 Å². The fourth-order valence-electron chi connectivity index (χ4n) is 1.86. The molecular weight excluding hydrogens is 378 g/mol. The molecule has 10 nitrogen and oxygen atoms in total. The molecule has 0 unspecified atom stereocenters. The van der Waals surface area contributed by atoms with Crippen molar-refractivity contribution in [1.29, 1.82) is 0 Å². The maximum atomic E-state index is 11.8. The topological polar surface area (TPSA) is 136 Å². The Morgan fingerprint density at radius 1 is 1.30 bits per heavy atom. The molecule has 0 atom stereocenters. The molecule has 1 aromatic rings. The standard InChI is InChI=1S/C16H23N3O7S/c1-6-10(25-7-11(20)19-24-5)12(13(21)22)9-8-27-14(17-9)18-15(23)26-16(2,3)4/h8H,6-7H2,1-5H3,(H,19,20)(H,21,22)(H,17,18,23)/b12-10-. The lowest BCUT2D eigenvalue weighted by Gasteiger charge is -2.18. The molecule has 1 heterocycles. The van der Waals surface area contributed by atoms with Gasteiger partial charge in [0.15, 0.2) is 11.7 Å². The van der Waals surface area contributed by atoms with Crippen LogP contribution in [0, 0.1) is 0 Å². The smallest absolute Gasteiger partial charge is 0.413 e. The minimum atomic E-state index is -1.27. The van der Waals surface area contributed by atoms with Gasteiger partial charge in [0.1, 0.15) is 16.9 Å². The Bertz CT molecular complexity index is 722.